The number of nitrogens with one attached hydrogen (secondary N) is 1. The lowest BCUT2D eigenvalue weighted by molar-refractivity contribution is 0.0743. The number of amides is 1. The second kappa shape index (κ2) is 8.67. The number of hydrogen-bond acceptors (Lipinski definition) is 5. The summed E-state index contributed by atoms with van der Waals surface area (Å²) >= 11 is 0. The number of nitrogens with zero attached hydrogens (tertiary/aromatic N) is 2. The summed E-state index contributed by atoms with van der Waals surface area (Å²) in [6.07, 6.45) is 4.47. The van der Waals surface area contributed by atoms with Gasteiger partial charge >= 0.3 is 0 Å². The molecule has 2 aromatic rings. The standard InChI is InChI=1S/C20H25N3O3/c1-3-25-19-11-16(20(24)23(2)17-8-10-22-13-17)6-7-18(19)26-14-15-5-4-9-21-12-15/h4-7,9,11-12,17,22H,3,8,10,13-14H2,1-2H3/t17-/m0/s1. The Kier molecular flexibility index (Phi) is 6.07. The number of aromatic nitrogens is 1. The maximum Gasteiger partial charge on any atom is 0.254 e. The molecular formula is C20H25N3O3. The van der Waals surface area contributed by atoms with E-state index in [4.69, 9.17) is 9.47 Å². The van der Waals surface area contributed by atoms with Crippen LogP contribution in [0.3, 0.4) is 0 Å². The highest BCUT2D eigenvalue weighted by atomic mass is 16.5. The van der Waals surface area contributed by atoms with Gasteiger partial charge in [-0.25, -0.2) is 0 Å². The minimum absolute atomic E-state index is 0.00142. The Balaban J connectivity index is 1.74. The van der Waals surface area contributed by atoms with Crippen LogP contribution >= 0.6 is 0 Å². The fourth-order valence-electron chi connectivity index (χ4n) is 3.01. The van der Waals surface area contributed by atoms with Gasteiger partial charge < -0.3 is 19.7 Å². The van der Waals surface area contributed by atoms with Crippen LogP contribution in [0.1, 0.15) is 29.3 Å². The first-order valence-corrected chi connectivity index (χ1v) is 8.95. The van der Waals surface area contributed by atoms with Crippen LogP contribution in [-0.4, -0.2) is 48.6 Å². The van der Waals surface area contributed by atoms with Crippen LogP contribution in [0.4, 0.5) is 0 Å². The van der Waals surface area contributed by atoms with Crippen LogP contribution in [0.25, 0.3) is 0 Å². The van der Waals surface area contributed by atoms with Gasteiger partial charge in [0.15, 0.2) is 11.5 Å². The Hall–Kier alpha value is -2.60. The summed E-state index contributed by atoms with van der Waals surface area (Å²) < 4.78 is 11.6. The minimum atomic E-state index is -0.00142. The molecule has 3 rings (SSSR count). The highest BCUT2D eigenvalue weighted by molar-refractivity contribution is 5.95. The molecule has 0 aliphatic carbocycles. The van der Waals surface area contributed by atoms with Crippen molar-refractivity contribution in [2.45, 2.75) is 26.0 Å². The Morgan fingerprint density at radius 1 is 1.31 bits per heavy atom. The molecule has 0 radical (unpaired) electrons. The van der Waals surface area contributed by atoms with E-state index in [1.807, 2.05) is 26.1 Å². The van der Waals surface area contributed by atoms with Gasteiger partial charge in [0, 0.05) is 43.2 Å². The first-order chi connectivity index (χ1) is 12.7. The Bertz CT molecular complexity index is 730. The summed E-state index contributed by atoms with van der Waals surface area (Å²) in [6.45, 7) is 4.61. The predicted molar refractivity (Wildman–Crippen MR) is 99.5 cm³/mol. The molecular weight excluding hydrogens is 330 g/mol. The van der Waals surface area contributed by atoms with E-state index < -0.39 is 0 Å². The van der Waals surface area contributed by atoms with Crippen molar-refractivity contribution in [3.8, 4) is 11.5 Å². The molecule has 1 N–H and O–H groups in total. The van der Waals surface area contributed by atoms with E-state index in [-0.39, 0.29) is 11.9 Å². The molecule has 1 aliphatic heterocycles. The van der Waals surface area contributed by atoms with Crippen molar-refractivity contribution >= 4 is 5.91 Å². The molecule has 0 bridgehead atoms. The van der Waals surface area contributed by atoms with Crippen LogP contribution in [-0.2, 0) is 6.61 Å². The molecule has 138 valence electrons. The van der Waals surface area contributed by atoms with E-state index in [2.05, 4.69) is 10.3 Å². The first-order valence-electron chi connectivity index (χ1n) is 8.95. The number of likely N-dealkylation sites (N-methyl/N-ethyl adjacent to an activating group) is 1. The zero-order valence-electron chi connectivity index (χ0n) is 15.3. The number of pyridine rings is 1. The lowest BCUT2D eigenvalue weighted by atomic mass is 10.1. The zero-order valence-corrected chi connectivity index (χ0v) is 15.3. The maximum atomic E-state index is 12.8. The van der Waals surface area contributed by atoms with Crippen molar-refractivity contribution in [2.75, 3.05) is 26.7 Å². The van der Waals surface area contributed by atoms with Crippen LogP contribution in [0.5, 0.6) is 11.5 Å². The molecule has 1 aromatic heterocycles. The zero-order chi connectivity index (χ0) is 18.4. The van der Waals surface area contributed by atoms with Crippen molar-refractivity contribution in [2.24, 2.45) is 0 Å². The lowest BCUT2D eigenvalue weighted by Gasteiger charge is -2.24. The normalized spacial score (nSPS) is 16.3. The molecule has 2 heterocycles. The summed E-state index contributed by atoms with van der Waals surface area (Å²) in [5.74, 6) is 1.20. The van der Waals surface area contributed by atoms with E-state index in [1.54, 1.807) is 35.5 Å². The Morgan fingerprint density at radius 3 is 2.88 bits per heavy atom. The van der Waals surface area contributed by atoms with Gasteiger partial charge in [0.25, 0.3) is 5.91 Å². The third-order valence-corrected chi connectivity index (χ3v) is 4.51. The molecule has 0 unspecified atom stereocenters. The van der Waals surface area contributed by atoms with Gasteiger partial charge in [-0.05, 0) is 44.2 Å². The van der Waals surface area contributed by atoms with Gasteiger partial charge in [0.2, 0.25) is 0 Å². The lowest BCUT2D eigenvalue weighted by Crippen LogP contribution is -2.38. The third-order valence-electron chi connectivity index (χ3n) is 4.51. The van der Waals surface area contributed by atoms with Gasteiger partial charge in [-0.15, -0.1) is 0 Å². The summed E-state index contributed by atoms with van der Waals surface area (Å²) in [4.78, 5) is 18.7. The average Bonchev–Trinajstić information content (AvgIpc) is 3.21. The average molecular weight is 355 g/mol. The predicted octanol–water partition coefficient (Wildman–Crippen LogP) is 2.49. The van der Waals surface area contributed by atoms with Crippen LogP contribution in [0, 0.1) is 0 Å². The van der Waals surface area contributed by atoms with E-state index >= 15 is 0 Å². The molecule has 1 aliphatic rings. The van der Waals surface area contributed by atoms with E-state index in [0.717, 1.165) is 25.1 Å². The van der Waals surface area contributed by atoms with Crippen LogP contribution in [0.2, 0.25) is 0 Å². The third kappa shape index (κ3) is 4.32. The molecule has 6 nitrogen and oxygen atoms in total. The van der Waals surface area contributed by atoms with Crippen molar-refractivity contribution in [3.63, 3.8) is 0 Å². The molecule has 6 heteroatoms. The highest BCUT2D eigenvalue weighted by Gasteiger charge is 2.24. The second-order valence-corrected chi connectivity index (χ2v) is 6.31. The number of hydrogen-bond donors (Lipinski definition) is 1. The topological polar surface area (TPSA) is 63.7 Å². The number of benzene rings is 1. The maximum absolute atomic E-state index is 12.8. The quantitative estimate of drug-likeness (QED) is 0.827. The van der Waals surface area contributed by atoms with E-state index in [1.165, 1.54) is 0 Å². The van der Waals surface area contributed by atoms with Crippen molar-refractivity contribution in [1.82, 2.24) is 15.2 Å². The first kappa shape index (κ1) is 18.2. The monoisotopic (exact) mass is 355 g/mol. The molecule has 1 saturated heterocycles. The van der Waals surface area contributed by atoms with Crippen LogP contribution < -0.4 is 14.8 Å². The molecule has 0 spiro atoms. The summed E-state index contributed by atoms with van der Waals surface area (Å²) in [7, 11) is 1.85. The molecule has 26 heavy (non-hydrogen) atoms. The van der Waals surface area contributed by atoms with Gasteiger partial charge in [-0.3, -0.25) is 9.78 Å². The van der Waals surface area contributed by atoms with Gasteiger partial charge in [-0.1, -0.05) is 6.07 Å². The fourth-order valence-corrected chi connectivity index (χ4v) is 3.01. The number of ether oxygens (including phenoxy) is 2. The second-order valence-electron chi connectivity index (χ2n) is 6.31. The summed E-state index contributed by atoms with van der Waals surface area (Å²) in [6, 6.07) is 9.42. The molecule has 0 saturated carbocycles. The molecule has 1 amide bonds. The van der Waals surface area contributed by atoms with Gasteiger partial charge in [0.1, 0.15) is 6.61 Å². The van der Waals surface area contributed by atoms with Crippen LogP contribution in [0.15, 0.2) is 42.7 Å². The van der Waals surface area contributed by atoms with E-state index in [9.17, 15) is 4.79 Å². The Labute approximate surface area is 154 Å². The van der Waals surface area contributed by atoms with Crippen molar-refractivity contribution in [1.29, 1.82) is 0 Å². The molecule has 1 fully saturated rings. The number of rotatable bonds is 7. The summed E-state index contributed by atoms with van der Waals surface area (Å²) in [5.41, 5.74) is 1.58. The number of carbonyl (C=O) groups is 1. The fraction of sp³-hybridized carbons (Fsp3) is 0.400. The van der Waals surface area contributed by atoms with Gasteiger partial charge in [0.05, 0.1) is 6.61 Å². The largest absolute Gasteiger partial charge is 0.490 e. The van der Waals surface area contributed by atoms with E-state index in [0.29, 0.717) is 30.3 Å². The van der Waals surface area contributed by atoms with Crippen molar-refractivity contribution in [3.05, 3.63) is 53.9 Å². The Morgan fingerprint density at radius 2 is 2.19 bits per heavy atom. The summed E-state index contributed by atoms with van der Waals surface area (Å²) in [5, 5.41) is 3.29. The number of carbonyl (C=O) groups excluding carboxylic acids is 1. The van der Waals surface area contributed by atoms with Crippen molar-refractivity contribution < 1.29 is 14.3 Å². The smallest absolute Gasteiger partial charge is 0.254 e. The minimum Gasteiger partial charge on any atom is -0.490 e. The molecule has 1 aromatic carbocycles. The SMILES string of the molecule is CCOc1cc(C(=O)N(C)[C@H]2CCNC2)ccc1OCc1cccnc1. The van der Waals surface area contributed by atoms with Gasteiger partial charge in [-0.2, -0.15) is 0 Å². The molecule has 1 atom stereocenters. The highest BCUT2D eigenvalue weighted by Crippen LogP contribution is 2.30.